The molecule has 0 unspecified atom stereocenters. The Kier molecular flexibility index (Phi) is 4.44. The molecule has 0 spiro atoms. The summed E-state index contributed by atoms with van der Waals surface area (Å²) in [4.78, 5) is 16.8. The summed E-state index contributed by atoms with van der Waals surface area (Å²) < 4.78 is 0. The molecule has 0 bridgehead atoms. The van der Waals surface area contributed by atoms with Gasteiger partial charge in [-0.1, -0.05) is 60.7 Å². The summed E-state index contributed by atoms with van der Waals surface area (Å²) in [5.41, 5.74) is 4.97. The van der Waals surface area contributed by atoms with Crippen molar-refractivity contribution in [3.63, 3.8) is 0 Å². The number of anilines is 1. The molecule has 0 aliphatic carbocycles. The monoisotopic (exact) mass is 338 g/mol. The first-order valence-electron chi connectivity index (χ1n) is 8.57. The van der Waals surface area contributed by atoms with Crippen LogP contribution in [0.4, 0.5) is 5.69 Å². The highest BCUT2D eigenvalue weighted by Crippen LogP contribution is 2.22. The van der Waals surface area contributed by atoms with Gasteiger partial charge in [0.05, 0.1) is 17.6 Å². The quantitative estimate of drug-likeness (QED) is 0.563. The molecular formula is C23H18N2O. The summed E-state index contributed by atoms with van der Waals surface area (Å²) in [7, 11) is 0. The van der Waals surface area contributed by atoms with Crippen LogP contribution in [0.25, 0.3) is 22.0 Å². The second-order valence-electron chi connectivity index (χ2n) is 6.16. The van der Waals surface area contributed by atoms with E-state index in [4.69, 9.17) is 0 Å². The summed E-state index contributed by atoms with van der Waals surface area (Å²) in [6.45, 7) is 0. The molecule has 3 nitrogen and oxygen atoms in total. The lowest BCUT2D eigenvalue weighted by molar-refractivity contribution is -0.115. The van der Waals surface area contributed by atoms with Gasteiger partial charge in [-0.15, -0.1) is 0 Å². The Morgan fingerprint density at radius 1 is 0.769 bits per heavy atom. The van der Waals surface area contributed by atoms with E-state index in [2.05, 4.69) is 34.6 Å². The smallest absolute Gasteiger partial charge is 0.228 e. The third-order valence-electron chi connectivity index (χ3n) is 4.35. The van der Waals surface area contributed by atoms with Crippen molar-refractivity contribution < 1.29 is 4.79 Å². The number of pyridine rings is 1. The molecule has 3 aromatic carbocycles. The molecule has 0 aliphatic rings. The van der Waals surface area contributed by atoms with E-state index in [9.17, 15) is 4.79 Å². The van der Waals surface area contributed by atoms with E-state index in [1.165, 1.54) is 5.56 Å². The molecular weight excluding hydrogens is 320 g/mol. The first-order chi connectivity index (χ1) is 12.8. The Morgan fingerprint density at radius 2 is 1.54 bits per heavy atom. The minimum atomic E-state index is -0.0335. The maximum Gasteiger partial charge on any atom is 0.228 e. The van der Waals surface area contributed by atoms with Crippen LogP contribution >= 0.6 is 0 Å². The number of hydrogen-bond donors (Lipinski definition) is 1. The standard InChI is InChI=1S/C23H18N2O/c26-23(25-22-10-4-9-21-20(22)8-5-15-24-21)16-17-11-13-19(14-12-17)18-6-2-1-3-7-18/h1-15H,16H2,(H,25,26). The molecule has 0 radical (unpaired) electrons. The van der Waals surface area contributed by atoms with E-state index in [0.717, 1.165) is 27.7 Å². The van der Waals surface area contributed by atoms with Gasteiger partial charge in [-0.3, -0.25) is 9.78 Å². The number of fused-ring (bicyclic) bond motifs is 1. The summed E-state index contributed by atoms with van der Waals surface area (Å²) in [6.07, 6.45) is 2.09. The molecule has 1 N–H and O–H groups in total. The average molecular weight is 338 g/mol. The van der Waals surface area contributed by atoms with Crippen LogP contribution in [0, 0.1) is 0 Å². The average Bonchev–Trinajstić information content (AvgIpc) is 2.69. The minimum Gasteiger partial charge on any atom is -0.325 e. The summed E-state index contributed by atoms with van der Waals surface area (Å²) >= 11 is 0. The van der Waals surface area contributed by atoms with Crippen molar-refractivity contribution in [1.29, 1.82) is 0 Å². The van der Waals surface area contributed by atoms with Crippen LogP contribution in [0.2, 0.25) is 0 Å². The van der Waals surface area contributed by atoms with Gasteiger partial charge >= 0.3 is 0 Å². The maximum atomic E-state index is 12.4. The van der Waals surface area contributed by atoms with Gasteiger partial charge in [0.15, 0.2) is 0 Å². The van der Waals surface area contributed by atoms with E-state index in [0.29, 0.717) is 6.42 Å². The van der Waals surface area contributed by atoms with Gasteiger partial charge in [0, 0.05) is 11.6 Å². The van der Waals surface area contributed by atoms with E-state index < -0.39 is 0 Å². The molecule has 0 aliphatic heterocycles. The highest BCUT2D eigenvalue weighted by atomic mass is 16.1. The Balaban J connectivity index is 1.48. The third kappa shape index (κ3) is 3.47. The summed E-state index contributed by atoms with van der Waals surface area (Å²) in [6, 6.07) is 27.9. The number of amides is 1. The largest absolute Gasteiger partial charge is 0.325 e. The predicted molar refractivity (Wildman–Crippen MR) is 106 cm³/mol. The molecule has 0 fully saturated rings. The molecule has 1 amide bonds. The highest BCUT2D eigenvalue weighted by Gasteiger charge is 2.07. The SMILES string of the molecule is O=C(Cc1ccc(-c2ccccc2)cc1)Nc1cccc2ncccc12. The normalized spacial score (nSPS) is 10.6. The highest BCUT2D eigenvalue weighted by molar-refractivity contribution is 6.01. The fraction of sp³-hybridized carbons (Fsp3) is 0.0435. The molecule has 26 heavy (non-hydrogen) atoms. The van der Waals surface area contributed by atoms with Crippen LogP contribution in [0.1, 0.15) is 5.56 Å². The Morgan fingerprint density at radius 3 is 2.35 bits per heavy atom. The number of nitrogens with zero attached hydrogens (tertiary/aromatic N) is 1. The number of nitrogens with one attached hydrogen (secondary N) is 1. The molecule has 0 saturated carbocycles. The number of carbonyl (C=O) groups excluding carboxylic acids is 1. The first kappa shape index (κ1) is 16.0. The van der Waals surface area contributed by atoms with Gasteiger partial charge in [0.1, 0.15) is 0 Å². The van der Waals surface area contributed by atoms with E-state index >= 15 is 0 Å². The summed E-state index contributed by atoms with van der Waals surface area (Å²) in [5, 5.41) is 3.95. The molecule has 3 heteroatoms. The second-order valence-corrected chi connectivity index (χ2v) is 6.16. The van der Waals surface area contributed by atoms with Crippen molar-refractivity contribution in [3.05, 3.63) is 96.7 Å². The Labute approximate surface area is 152 Å². The number of rotatable bonds is 4. The van der Waals surface area contributed by atoms with Crippen molar-refractivity contribution in [2.45, 2.75) is 6.42 Å². The van der Waals surface area contributed by atoms with Gasteiger partial charge < -0.3 is 5.32 Å². The van der Waals surface area contributed by atoms with Crippen molar-refractivity contribution >= 4 is 22.5 Å². The second kappa shape index (κ2) is 7.19. The first-order valence-corrected chi connectivity index (χ1v) is 8.57. The fourth-order valence-electron chi connectivity index (χ4n) is 3.04. The maximum absolute atomic E-state index is 12.4. The molecule has 0 saturated heterocycles. The number of carbonyl (C=O) groups is 1. The zero-order valence-electron chi connectivity index (χ0n) is 14.2. The van der Waals surface area contributed by atoms with Crippen molar-refractivity contribution in [3.8, 4) is 11.1 Å². The molecule has 4 aromatic rings. The van der Waals surface area contributed by atoms with E-state index in [-0.39, 0.29) is 5.91 Å². The van der Waals surface area contributed by atoms with E-state index in [1.54, 1.807) is 6.20 Å². The number of aromatic nitrogens is 1. The third-order valence-corrected chi connectivity index (χ3v) is 4.35. The fourth-order valence-corrected chi connectivity index (χ4v) is 3.04. The van der Waals surface area contributed by atoms with E-state index in [1.807, 2.05) is 60.7 Å². The van der Waals surface area contributed by atoms with Gasteiger partial charge in [-0.2, -0.15) is 0 Å². The van der Waals surface area contributed by atoms with Crippen LogP contribution < -0.4 is 5.32 Å². The van der Waals surface area contributed by atoms with Crippen molar-refractivity contribution in [1.82, 2.24) is 4.98 Å². The summed E-state index contributed by atoms with van der Waals surface area (Å²) in [5.74, 6) is -0.0335. The zero-order chi connectivity index (χ0) is 17.8. The number of hydrogen-bond acceptors (Lipinski definition) is 2. The molecule has 4 rings (SSSR count). The van der Waals surface area contributed by atoms with Crippen LogP contribution in [0.3, 0.4) is 0 Å². The van der Waals surface area contributed by atoms with Crippen LogP contribution in [0.5, 0.6) is 0 Å². The lowest BCUT2D eigenvalue weighted by atomic mass is 10.0. The zero-order valence-corrected chi connectivity index (χ0v) is 14.2. The van der Waals surface area contributed by atoms with Gasteiger partial charge in [-0.25, -0.2) is 0 Å². The number of benzene rings is 3. The predicted octanol–water partition coefficient (Wildman–Crippen LogP) is 5.08. The topological polar surface area (TPSA) is 42.0 Å². The molecule has 126 valence electrons. The van der Waals surface area contributed by atoms with Crippen molar-refractivity contribution in [2.24, 2.45) is 0 Å². The van der Waals surface area contributed by atoms with Crippen LogP contribution in [0.15, 0.2) is 91.1 Å². The molecule has 1 aromatic heterocycles. The minimum absolute atomic E-state index is 0.0335. The van der Waals surface area contributed by atoms with Gasteiger partial charge in [0.2, 0.25) is 5.91 Å². The molecule has 0 atom stereocenters. The lowest BCUT2D eigenvalue weighted by Crippen LogP contribution is -2.14. The van der Waals surface area contributed by atoms with Gasteiger partial charge in [-0.05, 0) is 41.0 Å². The Hall–Kier alpha value is -3.46. The molecule has 1 heterocycles. The van der Waals surface area contributed by atoms with Crippen LogP contribution in [-0.4, -0.2) is 10.9 Å². The van der Waals surface area contributed by atoms with Crippen molar-refractivity contribution in [2.75, 3.05) is 5.32 Å². The Bertz CT molecular complexity index is 1040. The lowest BCUT2D eigenvalue weighted by Gasteiger charge is -2.09. The van der Waals surface area contributed by atoms with Gasteiger partial charge in [0.25, 0.3) is 0 Å². The van der Waals surface area contributed by atoms with Crippen LogP contribution in [-0.2, 0) is 11.2 Å².